The van der Waals surface area contributed by atoms with E-state index in [0.717, 1.165) is 31.8 Å². The number of phenolic OH excluding ortho intramolecular Hbond substituents is 1. The number of nitrogens with one attached hydrogen (secondary N) is 1. The van der Waals surface area contributed by atoms with Crippen LogP contribution in [-0.2, 0) is 0 Å². The van der Waals surface area contributed by atoms with Gasteiger partial charge in [-0.2, -0.15) is 0 Å². The Hall–Kier alpha value is -2.14. The first-order chi connectivity index (χ1) is 9.81. The number of phenols is 1. The van der Waals surface area contributed by atoms with Crippen molar-refractivity contribution in [3.8, 4) is 17.2 Å². The van der Waals surface area contributed by atoms with Crippen LogP contribution in [0.3, 0.4) is 0 Å². The number of rotatable bonds is 3. The van der Waals surface area contributed by atoms with Gasteiger partial charge in [0.15, 0.2) is 5.75 Å². The van der Waals surface area contributed by atoms with Gasteiger partial charge in [0.1, 0.15) is 17.3 Å². The monoisotopic (exact) mass is 271 g/mol. The summed E-state index contributed by atoms with van der Waals surface area (Å²) in [6, 6.07) is 6.57. The fourth-order valence-electron chi connectivity index (χ4n) is 2.32. The van der Waals surface area contributed by atoms with Crippen molar-refractivity contribution in [1.82, 2.24) is 15.3 Å². The summed E-state index contributed by atoms with van der Waals surface area (Å²) < 4.78 is 5.63. The first-order valence-corrected chi connectivity index (χ1v) is 6.81. The third kappa shape index (κ3) is 3.05. The Balaban J connectivity index is 1.67. The molecule has 1 aromatic heterocycles. The van der Waals surface area contributed by atoms with Crippen molar-refractivity contribution in [1.29, 1.82) is 0 Å². The van der Waals surface area contributed by atoms with Crippen LogP contribution in [0.15, 0.2) is 36.7 Å². The van der Waals surface area contributed by atoms with Crippen LogP contribution in [0.1, 0.15) is 24.6 Å². The van der Waals surface area contributed by atoms with Crippen LogP contribution in [-0.4, -0.2) is 28.2 Å². The Morgan fingerprint density at radius 2 is 1.65 bits per heavy atom. The SMILES string of the molecule is Oc1ccc(Oc2cnc(C3CCNCC3)nc2)cc1. The van der Waals surface area contributed by atoms with Crippen LogP contribution in [0.25, 0.3) is 0 Å². The van der Waals surface area contributed by atoms with Crippen molar-refractivity contribution in [2.75, 3.05) is 13.1 Å². The number of hydrogen-bond acceptors (Lipinski definition) is 5. The molecule has 1 fully saturated rings. The van der Waals surface area contributed by atoms with Crippen molar-refractivity contribution in [2.45, 2.75) is 18.8 Å². The molecule has 0 bridgehead atoms. The standard InChI is InChI=1S/C15H17N3O2/c19-12-1-3-13(4-2-12)20-14-9-17-15(18-10-14)11-5-7-16-8-6-11/h1-4,9-11,16,19H,5-8H2. The molecule has 5 nitrogen and oxygen atoms in total. The summed E-state index contributed by atoms with van der Waals surface area (Å²) in [6.45, 7) is 2.06. The van der Waals surface area contributed by atoms with Crippen LogP contribution in [0.2, 0.25) is 0 Å². The second-order valence-electron chi connectivity index (χ2n) is 4.90. The molecule has 1 aromatic carbocycles. The summed E-state index contributed by atoms with van der Waals surface area (Å²) in [4.78, 5) is 8.81. The average Bonchev–Trinajstić information content (AvgIpc) is 2.51. The zero-order valence-corrected chi connectivity index (χ0v) is 11.1. The molecule has 1 saturated heterocycles. The highest BCUT2D eigenvalue weighted by atomic mass is 16.5. The third-order valence-electron chi connectivity index (χ3n) is 3.42. The zero-order chi connectivity index (χ0) is 13.8. The average molecular weight is 271 g/mol. The van der Waals surface area contributed by atoms with Gasteiger partial charge in [0.2, 0.25) is 0 Å². The second-order valence-corrected chi connectivity index (χ2v) is 4.90. The van der Waals surface area contributed by atoms with E-state index in [1.165, 1.54) is 0 Å². The van der Waals surface area contributed by atoms with Gasteiger partial charge in [0, 0.05) is 5.92 Å². The van der Waals surface area contributed by atoms with E-state index < -0.39 is 0 Å². The number of nitrogens with zero attached hydrogens (tertiary/aromatic N) is 2. The minimum Gasteiger partial charge on any atom is -0.508 e. The van der Waals surface area contributed by atoms with E-state index in [1.807, 2.05) is 0 Å². The van der Waals surface area contributed by atoms with Crippen molar-refractivity contribution in [3.63, 3.8) is 0 Å². The summed E-state index contributed by atoms with van der Waals surface area (Å²) in [7, 11) is 0. The fourth-order valence-corrected chi connectivity index (χ4v) is 2.32. The summed E-state index contributed by atoms with van der Waals surface area (Å²) in [5, 5.41) is 12.6. The molecule has 0 aliphatic carbocycles. The first-order valence-electron chi connectivity index (χ1n) is 6.81. The summed E-state index contributed by atoms with van der Waals surface area (Å²) in [5.41, 5.74) is 0. The predicted molar refractivity (Wildman–Crippen MR) is 75.1 cm³/mol. The van der Waals surface area contributed by atoms with Gasteiger partial charge >= 0.3 is 0 Å². The van der Waals surface area contributed by atoms with E-state index in [-0.39, 0.29) is 5.75 Å². The third-order valence-corrected chi connectivity index (χ3v) is 3.42. The van der Waals surface area contributed by atoms with Gasteiger partial charge in [0.05, 0.1) is 12.4 Å². The normalized spacial score (nSPS) is 16.0. The van der Waals surface area contributed by atoms with Crippen molar-refractivity contribution in [2.24, 2.45) is 0 Å². The molecule has 0 radical (unpaired) electrons. The van der Waals surface area contributed by atoms with E-state index in [1.54, 1.807) is 36.7 Å². The van der Waals surface area contributed by atoms with E-state index in [4.69, 9.17) is 4.74 Å². The number of hydrogen-bond donors (Lipinski definition) is 2. The van der Waals surface area contributed by atoms with Gasteiger partial charge in [-0.15, -0.1) is 0 Å². The molecule has 2 heterocycles. The number of ether oxygens (including phenoxy) is 1. The second kappa shape index (κ2) is 5.88. The Morgan fingerprint density at radius 1 is 1.00 bits per heavy atom. The molecule has 3 rings (SSSR count). The lowest BCUT2D eigenvalue weighted by Gasteiger charge is -2.21. The topological polar surface area (TPSA) is 67.3 Å². The van der Waals surface area contributed by atoms with Crippen LogP contribution in [0, 0.1) is 0 Å². The maximum Gasteiger partial charge on any atom is 0.164 e. The Morgan fingerprint density at radius 3 is 2.30 bits per heavy atom. The van der Waals surface area contributed by atoms with Crippen molar-refractivity contribution in [3.05, 3.63) is 42.5 Å². The molecule has 0 amide bonds. The molecule has 1 aliphatic rings. The Kier molecular flexibility index (Phi) is 3.78. The summed E-state index contributed by atoms with van der Waals surface area (Å²) in [5.74, 6) is 2.81. The van der Waals surface area contributed by atoms with E-state index in [2.05, 4.69) is 15.3 Å². The van der Waals surface area contributed by atoms with Crippen LogP contribution >= 0.6 is 0 Å². The van der Waals surface area contributed by atoms with Gasteiger partial charge in [0.25, 0.3) is 0 Å². The zero-order valence-electron chi connectivity index (χ0n) is 11.1. The maximum absolute atomic E-state index is 9.22. The van der Waals surface area contributed by atoms with E-state index >= 15 is 0 Å². The van der Waals surface area contributed by atoms with Gasteiger partial charge in [-0.1, -0.05) is 0 Å². The number of piperidine rings is 1. The lowest BCUT2D eigenvalue weighted by atomic mass is 9.97. The Bertz CT molecular complexity index is 548. The molecule has 104 valence electrons. The smallest absolute Gasteiger partial charge is 0.164 e. The highest BCUT2D eigenvalue weighted by molar-refractivity contribution is 5.33. The minimum absolute atomic E-state index is 0.217. The lowest BCUT2D eigenvalue weighted by Crippen LogP contribution is -2.27. The molecule has 2 N–H and O–H groups in total. The van der Waals surface area contributed by atoms with Gasteiger partial charge in [-0.25, -0.2) is 9.97 Å². The van der Waals surface area contributed by atoms with Crippen LogP contribution in [0.5, 0.6) is 17.2 Å². The van der Waals surface area contributed by atoms with Gasteiger partial charge in [-0.3, -0.25) is 0 Å². The molecule has 0 atom stereocenters. The van der Waals surface area contributed by atoms with E-state index in [9.17, 15) is 5.11 Å². The molecular formula is C15H17N3O2. The minimum atomic E-state index is 0.217. The molecule has 0 spiro atoms. The number of aromatic hydroxyl groups is 1. The molecule has 0 saturated carbocycles. The van der Waals surface area contributed by atoms with Crippen LogP contribution < -0.4 is 10.1 Å². The summed E-state index contributed by atoms with van der Waals surface area (Å²) in [6.07, 6.45) is 5.57. The molecule has 5 heteroatoms. The quantitative estimate of drug-likeness (QED) is 0.897. The maximum atomic E-state index is 9.22. The molecule has 2 aromatic rings. The molecule has 0 unspecified atom stereocenters. The summed E-state index contributed by atoms with van der Waals surface area (Å²) >= 11 is 0. The first kappa shape index (κ1) is 12.9. The van der Waals surface area contributed by atoms with Crippen LogP contribution in [0.4, 0.5) is 0 Å². The molecule has 1 aliphatic heterocycles. The number of benzene rings is 1. The highest BCUT2D eigenvalue weighted by Gasteiger charge is 2.17. The van der Waals surface area contributed by atoms with Gasteiger partial charge < -0.3 is 15.2 Å². The largest absolute Gasteiger partial charge is 0.508 e. The fraction of sp³-hybridized carbons (Fsp3) is 0.333. The number of aromatic nitrogens is 2. The Labute approximate surface area is 117 Å². The van der Waals surface area contributed by atoms with Crippen molar-refractivity contribution < 1.29 is 9.84 Å². The lowest BCUT2D eigenvalue weighted by molar-refractivity contribution is 0.438. The van der Waals surface area contributed by atoms with Gasteiger partial charge in [-0.05, 0) is 50.2 Å². The molecular weight excluding hydrogens is 254 g/mol. The molecule has 20 heavy (non-hydrogen) atoms. The van der Waals surface area contributed by atoms with Crippen molar-refractivity contribution >= 4 is 0 Å². The van der Waals surface area contributed by atoms with E-state index in [0.29, 0.717) is 17.4 Å². The predicted octanol–water partition coefficient (Wildman–Crippen LogP) is 2.44. The highest BCUT2D eigenvalue weighted by Crippen LogP contribution is 2.25.